The molecular weight excluding hydrogens is 268 g/mol. The van der Waals surface area contributed by atoms with Crippen molar-refractivity contribution in [3.8, 4) is 0 Å². The van der Waals surface area contributed by atoms with Crippen LogP contribution in [0.1, 0.15) is 78.6 Å². The molecule has 0 aromatic heterocycles. The van der Waals surface area contributed by atoms with Gasteiger partial charge in [0.25, 0.3) is 0 Å². The minimum atomic E-state index is -2.31. The maximum atomic E-state index is 5.41. The molecule has 0 rings (SSSR count). The highest BCUT2D eigenvalue weighted by atomic mass is 28.4. The minimum Gasteiger partial charge on any atom is -0.377 e. The third-order valence-corrected chi connectivity index (χ3v) is 6.60. The van der Waals surface area contributed by atoms with Crippen LogP contribution in [0.2, 0.25) is 6.04 Å². The van der Waals surface area contributed by atoms with E-state index in [0.29, 0.717) is 0 Å². The van der Waals surface area contributed by atoms with Crippen molar-refractivity contribution >= 4 is 8.80 Å². The van der Waals surface area contributed by atoms with Crippen LogP contribution in [-0.2, 0) is 13.3 Å². The molecule has 0 heterocycles. The van der Waals surface area contributed by atoms with E-state index in [1.807, 2.05) is 0 Å². The fourth-order valence-corrected chi connectivity index (χ4v) is 4.18. The molecule has 124 valence electrons. The Morgan fingerprint density at radius 2 is 0.950 bits per heavy atom. The Balaban J connectivity index is 0. The lowest BCUT2D eigenvalue weighted by molar-refractivity contribution is 0.122. The normalized spacial score (nSPS) is 11.4. The van der Waals surface area contributed by atoms with Crippen molar-refractivity contribution in [2.75, 3.05) is 21.3 Å². The van der Waals surface area contributed by atoms with E-state index in [4.69, 9.17) is 13.3 Å². The molecule has 0 aliphatic carbocycles. The first kappa shape index (κ1) is 22.4. The second-order valence-electron chi connectivity index (χ2n) is 5.23. The number of hydrogen-bond acceptors (Lipinski definition) is 3. The SMILES string of the molecule is C.CCCCCCCCCCCC[Si](OC)(OC)OC. The third kappa shape index (κ3) is 10.8. The first-order valence-corrected chi connectivity index (χ1v) is 9.83. The lowest BCUT2D eigenvalue weighted by Crippen LogP contribution is -2.42. The summed E-state index contributed by atoms with van der Waals surface area (Å²) in [6, 6.07) is 0.938. The van der Waals surface area contributed by atoms with Crippen molar-refractivity contribution in [1.82, 2.24) is 0 Å². The van der Waals surface area contributed by atoms with Gasteiger partial charge in [0.05, 0.1) is 0 Å². The zero-order valence-corrected chi connectivity index (χ0v) is 14.5. The van der Waals surface area contributed by atoms with Crippen LogP contribution in [-0.4, -0.2) is 30.1 Å². The smallest absolute Gasteiger partial charge is 0.377 e. The van der Waals surface area contributed by atoms with Crippen LogP contribution in [0.15, 0.2) is 0 Å². The second kappa shape index (κ2) is 15.5. The van der Waals surface area contributed by atoms with Gasteiger partial charge in [0.2, 0.25) is 0 Å². The molecular formula is C16H38O3Si. The quantitative estimate of drug-likeness (QED) is 0.317. The first-order valence-electron chi connectivity index (χ1n) is 7.90. The molecule has 0 spiro atoms. The fraction of sp³-hybridized carbons (Fsp3) is 1.00. The molecule has 0 saturated heterocycles. The summed E-state index contributed by atoms with van der Waals surface area (Å²) in [6.07, 6.45) is 13.5. The molecule has 0 aliphatic heterocycles. The third-order valence-electron chi connectivity index (χ3n) is 3.77. The van der Waals surface area contributed by atoms with Crippen molar-refractivity contribution in [3.63, 3.8) is 0 Å². The topological polar surface area (TPSA) is 27.7 Å². The summed E-state index contributed by atoms with van der Waals surface area (Å²) in [5, 5.41) is 0. The average molecular weight is 307 g/mol. The van der Waals surface area contributed by atoms with Crippen LogP contribution in [0.3, 0.4) is 0 Å². The Morgan fingerprint density at radius 3 is 1.30 bits per heavy atom. The first-order chi connectivity index (χ1) is 9.24. The zero-order valence-electron chi connectivity index (χ0n) is 13.5. The van der Waals surface area contributed by atoms with Gasteiger partial charge in [-0.05, 0) is 6.42 Å². The molecule has 0 fully saturated rings. The molecule has 0 aromatic carbocycles. The second-order valence-corrected chi connectivity index (χ2v) is 8.32. The Labute approximate surface area is 128 Å². The molecule has 20 heavy (non-hydrogen) atoms. The molecule has 0 bridgehead atoms. The average Bonchev–Trinajstić information content (AvgIpc) is 2.46. The van der Waals surface area contributed by atoms with Gasteiger partial charge < -0.3 is 13.3 Å². The molecule has 0 saturated carbocycles. The van der Waals surface area contributed by atoms with Gasteiger partial charge in [-0.25, -0.2) is 0 Å². The molecule has 0 amide bonds. The van der Waals surface area contributed by atoms with E-state index in [1.165, 1.54) is 57.8 Å². The standard InChI is InChI=1S/C15H34O3Si.CH4/c1-5-6-7-8-9-10-11-12-13-14-15-19(16-2,17-3)18-4;/h5-15H2,1-4H3;1H4. The van der Waals surface area contributed by atoms with Crippen molar-refractivity contribution in [2.24, 2.45) is 0 Å². The van der Waals surface area contributed by atoms with Crippen LogP contribution >= 0.6 is 0 Å². The van der Waals surface area contributed by atoms with Gasteiger partial charge >= 0.3 is 8.80 Å². The molecule has 0 radical (unpaired) electrons. The van der Waals surface area contributed by atoms with Gasteiger partial charge in [-0.1, -0.05) is 72.1 Å². The van der Waals surface area contributed by atoms with Gasteiger partial charge in [-0.3, -0.25) is 0 Å². The number of rotatable bonds is 14. The molecule has 0 aromatic rings. The van der Waals surface area contributed by atoms with Crippen molar-refractivity contribution in [3.05, 3.63) is 0 Å². The summed E-state index contributed by atoms with van der Waals surface area (Å²) in [5.41, 5.74) is 0. The van der Waals surface area contributed by atoms with Gasteiger partial charge in [0.15, 0.2) is 0 Å². The maximum Gasteiger partial charge on any atom is 0.500 e. The van der Waals surface area contributed by atoms with E-state index in [-0.39, 0.29) is 7.43 Å². The fourth-order valence-electron chi connectivity index (χ4n) is 2.39. The summed E-state index contributed by atoms with van der Waals surface area (Å²) >= 11 is 0. The van der Waals surface area contributed by atoms with Crippen molar-refractivity contribution < 1.29 is 13.3 Å². The summed E-state index contributed by atoms with van der Waals surface area (Å²) in [7, 11) is 2.76. The van der Waals surface area contributed by atoms with Crippen LogP contribution in [0.25, 0.3) is 0 Å². The van der Waals surface area contributed by atoms with Crippen molar-refractivity contribution in [2.45, 2.75) is 84.6 Å². The molecule has 0 atom stereocenters. The predicted molar refractivity (Wildman–Crippen MR) is 90.2 cm³/mol. The molecule has 3 nitrogen and oxygen atoms in total. The Kier molecular flexibility index (Phi) is 17.3. The van der Waals surface area contributed by atoms with Gasteiger partial charge in [0, 0.05) is 27.4 Å². The van der Waals surface area contributed by atoms with Gasteiger partial charge in [0.1, 0.15) is 0 Å². The summed E-state index contributed by atoms with van der Waals surface area (Å²) < 4.78 is 16.2. The molecule has 0 N–H and O–H groups in total. The highest BCUT2D eigenvalue weighted by Crippen LogP contribution is 2.18. The minimum absolute atomic E-state index is 0. The Bertz CT molecular complexity index is 176. The summed E-state index contributed by atoms with van der Waals surface area (Å²) in [6.45, 7) is 2.27. The maximum absolute atomic E-state index is 5.41. The molecule has 0 aliphatic rings. The zero-order chi connectivity index (χ0) is 14.4. The largest absolute Gasteiger partial charge is 0.500 e. The Hall–Kier alpha value is 0.0969. The van der Waals surface area contributed by atoms with Gasteiger partial charge in [-0.2, -0.15) is 0 Å². The van der Waals surface area contributed by atoms with Crippen LogP contribution in [0.5, 0.6) is 0 Å². The number of hydrogen-bond donors (Lipinski definition) is 0. The van der Waals surface area contributed by atoms with Crippen LogP contribution in [0, 0.1) is 0 Å². The van der Waals surface area contributed by atoms with Crippen LogP contribution in [0.4, 0.5) is 0 Å². The van der Waals surface area contributed by atoms with Crippen LogP contribution < -0.4 is 0 Å². The van der Waals surface area contributed by atoms with Gasteiger partial charge in [-0.15, -0.1) is 0 Å². The van der Waals surface area contributed by atoms with E-state index in [1.54, 1.807) is 21.3 Å². The summed E-state index contributed by atoms with van der Waals surface area (Å²) in [5.74, 6) is 0. The lowest BCUT2D eigenvalue weighted by atomic mass is 10.1. The lowest BCUT2D eigenvalue weighted by Gasteiger charge is -2.24. The van der Waals surface area contributed by atoms with E-state index in [2.05, 4.69) is 6.92 Å². The monoisotopic (exact) mass is 306 g/mol. The van der Waals surface area contributed by atoms with E-state index in [9.17, 15) is 0 Å². The summed E-state index contributed by atoms with van der Waals surface area (Å²) in [4.78, 5) is 0. The van der Waals surface area contributed by atoms with E-state index in [0.717, 1.165) is 12.5 Å². The van der Waals surface area contributed by atoms with E-state index >= 15 is 0 Å². The van der Waals surface area contributed by atoms with Crippen molar-refractivity contribution in [1.29, 1.82) is 0 Å². The van der Waals surface area contributed by atoms with E-state index < -0.39 is 8.80 Å². The Morgan fingerprint density at radius 1 is 0.600 bits per heavy atom. The highest BCUT2D eigenvalue weighted by molar-refractivity contribution is 6.60. The number of unbranched alkanes of at least 4 members (excludes halogenated alkanes) is 9. The predicted octanol–water partition coefficient (Wildman–Crippen LogP) is 5.42. The molecule has 4 heteroatoms. The molecule has 0 unspecified atom stereocenters. The highest BCUT2D eigenvalue weighted by Gasteiger charge is 2.36.